The van der Waals surface area contributed by atoms with Gasteiger partial charge >= 0.3 is 23.4 Å². The predicted molar refractivity (Wildman–Crippen MR) is 222 cm³/mol. The molecule has 4 aliphatic carbocycles. The third-order valence-corrected chi connectivity index (χ3v) is 17.3. The first-order chi connectivity index (χ1) is 30.0. The van der Waals surface area contributed by atoms with Gasteiger partial charge in [-0.3, -0.25) is 19.2 Å². The van der Waals surface area contributed by atoms with Gasteiger partial charge in [0.15, 0.2) is 31.4 Å². The highest BCUT2D eigenvalue weighted by atomic mass is 32.2. The number of hydrogen-bond donors (Lipinski definition) is 0. The lowest BCUT2D eigenvalue weighted by molar-refractivity contribution is -0.260. The molecule has 9 atom stereocenters. The van der Waals surface area contributed by atoms with Crippen molar-refractivity contribution in [2.24, 2.45) is 46.3 Å². The maximum absolute atomic E-state index is 13.8. The van der Waals surface area contributed by atoms with Crippen LogP contribution in [0, 0.1) is 46.3 Å². The summed E-state index contributed by atoms with van der Waals surface area (Å²) in [6.07, 6.45) is -7.73. The fourth-order valence-electron chi connectivity index (χ4n) is 10.8. The highest BCUT2D eigenvalue weighted by Gasteiger charge is 2.66. The number of alkyl halides is 5. The van der Waals surface area contributed by atoms with Gasteiger partial charge in [-0.25, -0.2) is 13.2 Å². The van der Waals surface area contributed by atoms with Gasteiger partial charge in [0, 0.05) is 43.4 Å². The Labute approximate surface area is 372 Å². The van der Waals surface area contributed by atoms with Crippen LogP contribution in [-0.2, 0) is 54.5 Å². The number of carbonyl (C=O) groups excluding carboxylic acids is 5. The van der Waals surface area contributed by atoms with Crippen LogP contribution in [0.5, 0.6) is 0 Å². The zero-order valence-corrected chi connectivity index (χ0v) is 37.2. The second-order valence-electron chi connectivity index (χ2n) is 17.8. The van der Waals surface area contributed by atoms with E-state index in [4.69, 9.17) is 0 Å². The molecule has 0 heterocycles. The predicted octanol–water partition coefficient (Wildman–Crippen LogP) is 8.93. The molecule has 64 heavy (non-hydrogen) atoms. The molecular formula is C47H51F5O10S2. The molecule has 0 N–H and O–H groups in total. The Morgan fingerprint density at radius 1 is 0.797 bits per heavy atom. The number of carbonyl (C=O) groups is 5. The minimum absolute atomic E-state index is 0.0146. The second kappa shape index (κ2) is 19.2. The molecule has 0 spiro atoms. The normalized spacial score (nSPS) is 27.8. The molecule has 10 nitrogen and oxygen atoms in total. The number of ether oxygens (including phenoxy) is 2. The molecule has 7 rings (SSSR count). The Hall–Kier alpha value is -4.48. The number of rotatable bonds is 12. The van der Waals surface area contributed by atoms with Crippen molar-refractivity contribution in [3.8, 4) is 0 Å². The monoisotopic (exact) mass is 934 g/mol. The number of halogens is 5. The van der Waals surface area contributed by atoms with Crippen molar-refractivity contribution >= 4 is 50.3 Å². The molecule has 3 aromatic carbocycles. The lowest BCUT2D eigenvalue weighted by Crippen LogP contribution is -2.60. The quantitative estimate of drug-likeness (QED) is 0.0743. The summed E-state index contributed by atoms with van der Waals surface area (Å²) in [6, 6.07) is 32.2. The summed E-state index contributed by atoms with van der Waals surface area (Å²) in [5.74, 6) is -4.15. The van der Waals surface area contributed by atoms with Gasteiger partial charge in [-0.15, -0.1) is 0 Å². The minimum atomic E-state index is -6.87. The number of esters is 2. The van der Waals surface area contributed by atoms with Crippen molar-refractivity contribution in [3.05, 3.63) is 91.0 Å². The summed E-state index contributed by atoms with van der Waals surface area (Å²) in [4.78, 5) is 67.6. The van der Waals surface area contributed by atoms with E-state index in [1.807, 2.05) is 13.8 Å². The molecule has 2 unspecified atom stereocenters. The van der Waals surface area contributed by atoms with Crippen LogP contribution in [0.2, 0.25) is 0 Å². The topological polar surface area (TPSA) is 161 Å². The fraction of sp³-hybridized carbons (Fsp3) is 0.511. The van der Waals surface area contributed by atoms with E-state index in [0.717, 1.165) is 0 Å². The average molecular weight is 935 g/mol. The van der Waals surface area contributed by atoms with Gasteiger partial charge < -0.3 is 14.0 Å². The molecule has 4 aliphatic rings. The molecule has 0 amide bonds. The molecule has 4 saturated carbocycles. The van der Waals surface area contributed by atoms with E-state index in [1.54, 1.807) is 0 Å². The maximum Gasteiger partial charge on any atom is 0.432 e. The van der Waals surface area contributed by atoms with Gasteiger partial charge in [0.05, 0.1) is 10.9 Å². The first-order valence-corrected chi connectivity index (χ1v) is 23.9. The lowest BCUT2D eigenvalue weighted by atomic mass is 9.44. The Kier molecular flexibility index (Phi) is 14.7. The van der Waals surface area contributed by atoms with Gasteiger partial charge in [-0.2, -0.15) is 22.0 Å². The summed E-state index contributed by atoms with van der Waals surface area (Å²) >= 11 is 0. The van der Waals surface area contributed by atoms with Crippen LogP contribution >= 0.6 is 0 Å². The van der Waals surface area contributed by atoms with Crippen LogP contribution in [0.3, 0.4) is 0 Å². The standard InChI is InChI=1S/C29H37F5O10S.C18H15S/c1-14(4-7-22(38)43-13-23(39)44-25(28(30,31)32)29(33,34)45(40,41)42)17-5-6-18-24-19(12-21(37)27(17,18)3)26(2)9-8-16(35)10-15(26)11-20(24)36;1-4-10-16(11-5-1)19(17-12-6-2-7-13-17)18-14-8-3-9-15-18/h14-15,17-19,24-25H,4-13H2,1-3H3,(H,40,41,42);1-15H/q;+1/p-1/t14-,15+,17?,18+,19+,24+,25?,26+,27-;/m1./s1. The lowest BCUT2D eigenvalue weighted by Gasteiger charge is -2.58. The van der Waals surface area contributed by atoms with Crippen LogP contribution in [0.25, 0.3) is 0 Å². The van der Waals surface area contributed by atoms with Gasteiger partial charge in [-0.05, 0) is 97.1 Å². The van der Waals surface area contributed by atoms with Crippen molar-refractivity contribution < 1.29 is 68.4 Å². The molecule has 0 radical (unpaired) electrons. The van der Waals surface area contributed by atoms with Crippen LogP contribution in [0.15, 0.2) is 106 Å². The Morgan fingerprint density at radius 3 is 1.83 bits per heavy atom. The molecule has 4 fully saturated rings. The number of benzene rings is 3. The van der Waals surface area contributed by atoms with E-state index in [0.29, 0.717) is 38.5 Å². The van der Waals surface area contributed by atoms with Crippen molar-refractivity contribution in [1.82, 2.24) is 0 Å². The summed E-state index contributed by atoms with van der Waals surface area (Å²) in [5, 5.41) is -6.02. The van der Waals surface area contributed by atoms with Gasteiger partial charge in [0.25, 0.3) is 6.10 Å². The Balaban J connectivity index is 0.000000295. The minimum Gasteiger partial charge on any atom is -0.743 e. The second-order valence-corrected chi connectivity index (χ2v) is 21.3. The van der Waals surface area contributed by atoms with E-state index in [-0.39, 0.29) is 88.4 Å². The molecule has 17 heteroatoms. The average Bonchev–Trinajstić information content (AvgIpc) is 3.61. The highest BCUT2D eigenvalue weighted by Crippen LogP contribution is 2.66. The molecule has 346 valence electrons. The summed E-state index contributed by atoms with van der Waals surface area (Å²) in [5.41, 5.74) is -1.12. The number of Topliss-reactive ketones (excluding diaryl/α,β-unsaturated/α-hetero) is 3. The van der Waals surface area contributed by atoms with Gasteiger partial charge in [0.2, 0.25) is 0 Å². The van der Waals surface area contributed by atoms with Crippen LogP contribution in [0.1, 0.15) is 78.6 Å². The SMILES string of the molecule is C[C@H](CCC(=O)OCC(=O)OC(C(F)(F)F)C(F)(F)S(=O)(=O)[O-])C1CC[C@H]2[C@@H]3C(=O)C[C@@H]4CC(=O)CC[C@]4(C)[C@H]3CC(=O)[C@]12C.c1ccc([S+](c2ccccc2)c2ccccc2)cc1. The van der Waals surface area contributed by atoms with Crippen LogP contribution in [0.4, 0.5) is 22.0 Å². The van der Waals surface area contributed by atoms with E-state index < -0.39 is 51.6 Å². The van der Waals surface area contributed by atoms with Gasteiger partial charge in [-0.1, -0.05) is 75.4 Å². The molecule has 0 aromatic heterocycles. The zero-order chi connectivity index (χ0) is 46.8. The fourth-order valence-corrected chi connectivity index (χ4v) is 13.4. The summed E-state index contributed by atoms with van der Waals surface area (Å²) < 4.78 is 106. The van der Waals surface area contributed by atoms with E-state index in [2.05, 4.69) is 107 Å². The molecular weight excluding hydrogens is 884 g/mol. The van der Waals surface area contributed by atoms with E-state index in [9.17, 15) is 58.9 Å². The molecule has 0 bridgehead atoms. The molecule has 0 aliphatic heterocycles. The van der Waals surface area contributed by atoms with Crippen LogP contribution in [-0.4, -0.2) is 66.4 Å². The van der Waals surface area contributed by atoms with Crippen molar-refractivity contribution in [1.29, 1.82) is 0 Å². The van der Waals surface area contributed by atoms with Crippen molar-refractivity contribution in [2.45, 2.75) is 111 Å². The number of hydrogen-bond acceptors (Lipinski definition) is 10. The third-order valence-electron chi connectivity index (χ3n) is 14.2. The first-order valence-electron chi connectivity index (χ1n) is 21.2. The number of fused-ring (bicyclic) bond motifs is 5. The van der Waals surface area contributed by atoms with E-state index in [1.165, 1.54) is 14.7 Å². The number of ketones is 3. The maximum atomic E-state index is 13.8. The molecule has 3 aromatic rings. The van der Waals surface area contributed by atoms with E-state index >= 15 is 0 Å². The smallest absolute Gasteiger partial charge is 0.432 e. The summed E-state index contributed by atoms with van der Waals surface area (Å²) in [7, 11) is -6.88. The zero-order valence-electron chi connectivity index (χ0n) is 35.6. The van der Waals surface area contributed by atoms with Crippen molar-refractivity contribution in [3.63, 3.8) is 0 Å². The highest BCUT2D eigenvalue weighted by molar-refractivity contribution is 7.97. The Morgan fingerprint density at radius 2 is 1.33 bits per heavy atom. The van der Waals surface area contributed by atoms with Crippen molar-refractivity contribution in [2.75, 3.05) is 6.61 Å². The summed E-state index contributed by atoms with van der Waals surface area (Å²) in [6.45, 7) is 4.22. The van der Waals surface area contributed by atoms with Gasteiger partial charge in [0.1, 0.15) is 17.3 Å². The van der Waals surface area contributed by atoms with Crippen LogP contribution < -0.4 is 0 Å². The molecule has 0 saturated heterocycles. The first kappa shape index (κ1) is 49.0. The third kappa shape index (κ3) is 10.0. The largest absolute Gasteiger partial charge is 0.743 e. The Bertz CT molecular complexity index is 2200.